The predicted molar refractivity (Wildman–Crippen MR) is 87.2 cm³/mol. The van der Waals surface area contributed by atoms with Crippen LogP contribution in [0.5, 0.6) is 11.5 Å². The highest BCUT2D eigenvalue weighted by Gasteiger charge is 2.10. The number of rotatable bonds is 7. The van der Waals surface area contributed by atoms with Gasteiger partial charge < -0.3 is 20.1 Å². The molecule has 0 saturated carbocycles. The van der Waals surface area contributed by atoms with Crippen molar-refractivity contribution in [1.29, 1.82) is 0 Å². The SMILES string of the molecule is COc1cc(OC)cc(C(=O)NCCC(=O)Nc2nccs2)c1. The van der Waals surface area contributed by atoms with Gasteiger partial charge in [0, 0.05) is 36.2 Å². The lowest BCUT2D eigenvalue weighted by Gasteiger charge is -2.09. The zero-order valence-electron chi connectivity index (χ0n) is 12.8. The molecule has 2 N–H and O–H groups in total. The molecule has 23 heavy (non-hydrogen) atoms. The van der Waals surface area contributed by atoms with E-state index in [0.717, 1.165) is 0 Å². The molecule has 0 spiro atoms. The summed E-state index contributed by atoms with van der Waals surface area (Å²) in [6.45, 7) is 0.218. The maximum Gasteiger partial charge on any atom is 0.251 e. The van der Waals surface area contributed by atoms with E-state index in [-0.39, 0.29) is 24.8 Å². The van der Waals surface area contributed by atoms with E-state index >= 15 is 0 Å². The molecule has 2 aromatic rings. The summed E-state index contributed by atoms with van der Waals surface area (Å²) in [5, 5.41) is 7.65. The second-order valence-electron chi connectivity index (χ2n) is 4.49. The van der Waals surface area contributed by atoms with Crippen LogP contribution in [-0.2, 0) is 4.79 Å². The number of aromatic nitrogens is 1. The van der Waals surface area contributed by atoms with Gasteiger partial charge in [-0.3, -0.25) is 9.59 Å². The standard InChI is InChI=1S/C15H17N3O4S/c1-21-11-7-10(8-12(9-11)22-2)14(20)16-4-3-13(19)18-15-17-5-6-23-15/h5-9H,3-4H2,1-2H3,(H,16,20)(H,17,18,19). The summed E-state index contributed by atoms with van der Waals surface area (Å²) in [5.41, 5.74) is 0.404. The maximum atomic E-state index is 12.1. The minimum absolute atomic E-state index is 0.159. The number of hydrogen-bond donors (Lipinski definition) is 2. The van der Waals surface area contributed by atoms with Gasteiger partial charge in [0.15, 0.2) is 5.13 Å². The van der Waals surface area contributed by atoms with Gasteiger partial charge in [-0.15, -0.1) is 11.3 Å². The fraction of sp³-hybridized carbons (Fsp3) is 0.267. The van der Waals surface area contributed by atoms with Gasteiger partial charge >= 0.3 is 0 Å². The number of carbonyl (C=O) groups is 2. The zero-order chi connectivity index (χ0) is 16.7. The Morgan fingerprint density at radius 1 is 1.17 bits per heavy atom. The van der Waals surface area contributed by atoms with Crippen LogP contribution in [0.2, 0.25) is 0 Å². The number of benzene rings is 1. The lowest BCUT2D eigenvalue weighted by molar-refractivity contribution is -0.116. The summed E-state index contributed by atoms with van der Waals surface area (Å²) in [6.07, 6.45) is 1.77. The van der Waals surface area contributed by atoms with Crippen molar-refractivity contribution in [3.63, 3.8) is 0 Å². The van der Waals surface area contributed by atoms with Gasteiger partial charge in [0.1, 0.15) is 11.5 Å². The molecule has 8 heteroatoms. The lowest BCUT2D eigenvalue weighted by atomic mass is 10.2. The molecule has 1 aromatic carbocycles. The van der Waals surface area contributed by atoms with Gasteiger partial charge in [0.25, 0.3) is 5.91 Å². The molecule has 0 aliphatic rings. The first-order chi connectivity index (χ1) is 11.1. The molecule has 0 aliphatic carbocycles. The van der Waals surface area contributed by atoms with Crippen LogP contribution >= 0.6 is 11.3 Å². The number of methoxy groups -OCH3 is 2. The Labute approximate surface area is 137 Å². The number of anilines is 1. The Kier molecular flexibility index (Phi) is 5.93. The highest BCUT2D eigenvalue weighted by Crippen LogP contribution is 2.22. The normalized spacial score (nSPS) is 10.0. The topological polar surface area (TPSA) is 89.5 Å². The Hall–Kier alpha value is -2.61. The van der Waals surface area contributed by atoms with Gasteiger partial charge in [-0.1, -0.05) is 0 Å². The fourth-order valence-electron chi connectivity index (χ4n) is 1.80. The third-order valence-corrected chi connectivity index (χ3v) is 3.62. The average Bonchev–Trinajstić information content (AvgIpc) is 3.06. The second kappa shape index (κ2) is 8.14. The summed E-state index contributed by atoms with van der Waals surface area (Å²) < 4.78 is 10.2. The molecule has 0 aliphatic heterocycles. The van der Waals surface area contributed by atoms with Crippen molar-refractivity contribution in [2.75, 3.05) is 26.1 Å². The Balaban J connectivity index is 1.86. The van der Waals surface area contributed by atoms with E-state index in [4.69, 9.17) is 9.47 Å². The monoisotopic (exact) mass is 335 g/mol. The zero-order valence-corrected chi connectivity index (χ0v) is 13.6. The second-order valence-corrected chi connectivity index (χ2v) is 5.39. The quantitative estimate of drug-likeness (QED) is 0.807. The highest BCUT2D eigenvalue weighted by atomic mass is 32.1. The van der Waals surface area contributed by atoms with Crippen LogP contribution in [0, 0.1) is 0 Å². The molecule has 1 aromatic heterocycles. The minimum atomic E-state index is -0.302. The maximum absolute atomic E-state index is 12.1. The van der Waals surface area contributed by atoms with Gasteiger partial charge in [-0.05, 0) is 12.1 Å². The third-order valence-electron chi connectivity index (χ3n) is 2.93. The Morgan fingerprint density at radius 2 is 1.87 bits per heavy atom. The Bertz CT molecular complexity index is 651. The van der Waals surface area contributed by atoms with Gasteiger partial charge in [0.05, 0.1) is 14.2 Å². The van der Waals surface area contributed by atoms with Crippen LogP contribution < -0.4 is 20.1 Å². The summed E-state index contributed by atoms with van der Waals surface area (Å²) in [6, 6.07) is 4.89. The van der Waals surface area contributed by atoms with Crippen molar-refractivity contribution in [1.82, 2.24) is 10.3 Å². The van der Waals surface area contributed by atoms with E-state index in [0.29, 0.717) is 22.2 Å². The van der Waals surface area contributed by atoms with Crippen molar-refractivity contribution < 1.29 is 19.1 Å². The van der Waals surface area contributed by atoms with Crippen molar-refractivity contribution in [2.24, 2.45) is 0 Å². The molecule has 122 valence electrons. The Morgan fingerprint density at radius 3 is 2.43 bits per heavy atom. The number of thiazole rings is 1. The molecule has 2 rings (SSSR count). The molecular weight excluding hydrogens is 318 g/mol. The molecule has 0 fully saturated rings. The molecule has 0 unspecified atom stereocenters. The van der Waals surface area contributed by atoms with Gasteiger partial charge in [-0.25, -0.2) is 4.98 Å². The number of hydrogen-bond acceptors (Lipinski definition) is 6. The van der Waals surface area contributed by atoms with Crippen molar-refractivity contribution >= 4 is 28.3 Å². The van der Waals surface area contributed by atoms with E-state index in [1.807, 2.05) is 0 Å². The molecule has 0 radical (unpaired) electrons. The van der Waals surface area contributed by atoms with Crippen molar-refractivity contribution in [3.8, 4) is 11.5 Å². The van der Waals surface area contributed by atoms with Crippen LogP contribution in [-0.4, -0.2) is 37.6 Å². The molecule has 2 amide bonds. The first-order valence-corrected chi connectivity index (χ1v) is 7.71. The van der Waals surface area contributed by atoms with Gasteiger partial charge in [0.2, 0.25) is 5.91 Å². The molecule has 7 nitrogen and oxygen atoms in total. The molecule has 0 bridgehead atoms. The summed E-state index contributed by atoms with van der Waals surface area (Å²) >= 11 is 1.34. The fourth-order valence-corrected chi connectivity index (χ4v) is 2.34. The minimum Gasteiger partial charge on any atom is -0.497 e. The molecule has 1 heterocycles. The average molecular weight is 335 g/mol. The van der Waals surface area contributed by atoms with E-state index in [9.17, 15) is 9.59 Å². The number of nitrogens with one attached hydrogen (secondary N) is 2. The molecule has 0 saturated heterocycles. The van der Waals surface area contributed by atoms with Crippen LogP contribution in [0.15, 0.2) is 29.8 Å². The first kappa shape index (κ1) is 16.8. The van der Waals surface area contributed by atoms with E-state index in [1.54, 1.807) is 29.8 Å². The van der Waals surface area contributed by atoms with Crippen molar-refractivity contribution in [3.05, 3.63) is 35.3 Å². The van der Waals surface area contributed by atoms with Crippen LogP contribution in [0.3, 0.4) is 0 Å². The highest BCUT2D eigenvalue weighted by molar-refractivity contribution is 7.13. The van der Waals surface area contributed by atoms with E-state index < -0.39 is 0 Å². The third kappa shape index (κ3) is 4.96. The number of carbonyl (C=O) groups excluding carboxylic acids is 2. The number of amides is 2. The van der Waals surface area contributed by atoms with Crippen molar-refractivity contribution in [2.45, 2.75) is 6.42 Å². The lowest BCUT2D eigenvalue weighted by Crippen LogP contribution is -2.27. The van der Waals surface area contributed by atoms with E-state index in [1.165, 1.54) is 25.6 Å². The van der Waals surface area contributed by atoms with Gasteiger partial charge in [-0.2, -0.15) is 0 Å². The largest absolute Gasteiger partial charge is 0.497 e. The predicted octanol–water partition coefficient (Wildman–Crippen LogP) is 1.92. The van der Waals surface area contributed by atoms with Crippen LogP contribution in [0.25, 0.3) is 0 Å². The summed E-state index contributed by atoms with van der Waals surface area (Å²) in [5.74, 6) is 0.541. The smallest absolute Gasteiger partial charge is 0.251 e. The molecule has 0 atom stereocenters. The van der Waals surface area contributed by atoms with Crippen LogP contribution in [0.1, 0.15) is 16.8 Å². The summed E-state index contributed by atoms with van der Waals surface area (Å²) in [4.78, 5) is 27.8. The number of ether oxygens (including phenoxy) is 2. The molecular formula is C15H17N3O4S. The first-order valence-electron chi connectivity index (χ1n) is 6.83. The van der Waals surface area contributed by atoms with E-state index in [2.05, 4.69) is 15.6 Å². The van der Waals surface area contributed by atoms with Crippen LogP contribution in [0.4, 0.5) is 5.13 Å². The number of nitrogens with zero attached hydrogens (tertiary/aromatic N) is 1. The summed E-state index contributed by atoms with van der Waals surface area (Å²) in [7, 11) is 3.03.